The number of amides is 3. The molecule has 6 rings (SSSR count). The third-order valence-corrected chi connectivity index (χ3v) is 6.88. The van der Waals surface area contributed by atoms with Gasteiger partial charge >= 0.3 is 0 Å². The van der Waals surface area contributed by atoms with Crippen LogP contribution in [0.4, 0.5) is 0 Å². The highest BCUT2D eigenvalue weighted by Crippen LogP contribution is 2.31. The monoisotopic (exact) mass is 465 g/mol. The summed E-state index contributed by atoms with van der Waals surface area (Å²) in [7, 11) is 1.53. The standard InChI is InChI=1S/C28H23N3O4/c1-35-25-11-10-17(15-31-27(33)19-7-2-3-8-20(19)28(31)34)14-21(25)26(32)30-13-12-24-22(16-30)18-6-4-5-9-23(18)29-24/h2-11,14,29H,12-13,15-16H2,1H3. The maximum atomic E-state index is 13.6. The fourth-order valence-electron chi connectivity index (χ4n) is 5.10. The van der Waals surface area contributed by atoms with Gasteiger partial charge < -0.3 is 14.6 Å². The zero-order valence-electron chi connectivity index (χ0n) is 19.2. The summed E-state index contributed by atoms with van der Waals surface area (Å²) in [5.74, 6) is -0.317. The van der Waals surface area contributed by atoms with E-state index < -0.39 is 0 Å². The Labute approximate surface area is 201 Å². The quantitative estimate of drug-likeness (QED) is 0.459. The number of hydrogen-bond acceptors (Lipinski definition) is 4. The Bertz CT molecular complexity index is 1480. The molecular formula is C28H23N3O4. The van der Waals surface area contributed by atoms with Crippen LogP contribution in [0.15, 0.2) is 66.7 Å². The molecule has 35 heavy (non-hydrogen) atoms. The molecule has 0 fully saturated rings. The van der Waals surface area contributed by atoms with Crippen LogP contribution < -0.4 is 4.74 Å². The zero-order valence-corrected chi connectivity index (χ0v) is 19.2. The fourth-order valence-corrected chi connectivity index (χ4v) is 5.10. The van der Waals surface area contributed by atoms with Crippen LogP contribution in [0.2, 0.25) is 0 Å². The highest BCUT2D eigenvalue weighted by Gasteiger charge is 2.35. The normalized spacial score (nSPS) is 14.9. The Morgan fingerprint density at radius 3 is 2.43 bits per heavy atom. The minimum atomic E-state index is -0.322. The second-order valence-corrected chi connectivity index (χ2v) is 8.88. The fraction of sp³-hybridized carbons (Fsp3) is 0.179. The molecule has 3 aromatic carbocycles. The lowest BCUT2D eigenvalue weighted by Crippen LogP contribution is -2.36. The second kappa shape index (κ2) is 8.13. The summed E-state index contributed by atoms with van der Waals surface area (Å²) in [5.41, 5.74) is 5.31. The minimum absolute atomic E-state index is 0.0865. The van der Waals surface area contributed by atoms with E-state index in [4.69, 9.17) is 4.74 Å². The van der Waals surface area contributed by atoms with E-state index in [9.17, 15) is 14.4 Å². The molecule has 0 unspecified atom stereocenters. The van der Waals surface area contributed by atoms with Crippen LogP contribution in [0.1, 0.15) is 47.9 Å². The van der Waals surface area contributed by atoms with E-state index in [2.05, 4.69) is 11.1 Å². The van der Waals surface area contributed by atoms with Crippen LogP contribution in [-0.4, -0.2) is 46.2 Å². The number of para-hydroxylation sites is 1. The van der Waals surface area contributed by atoms with Crippen LogP contribution in [0.25, 0.3) is 10.9 Å². The van der Waals surface area contributed by atoms with Gasteiger partial charge in [-0.25, -0.2) is 0 Å². The number of benzene rings is 3. The van der Waals surface area contributed by atoms with E-state index >= 15 is 0 Å². The second-order valence-electron chi connectivity index (χ2n) is 8.88. The Morgan fingerprint density at radius 2 is 1.69 bits per heavy atom. The summed E-state index contributed by atoms with van der Waals surface area (Å²) in [6.07, 6.45) is 0.743. The SMILES string of the molecule is COc1ccc(CN2C(=O)c3ccccc3C2=O)cc1C(=O)N1CCc2[nH]c3ccccc3c2C1. The summed E-state index contributed by atoms with van der Waals surface area (Å²) in [6.45, 7) is 1.18. The van der Waals surface area contributed by atoms with Gasteiger partial charge in [-0.1, -0.05) is 36.4 Å². The highest BCUT2D eigenvalue weighted by atomic mass is 16.5. The topological polar surface area (TPSA) is 82.7 Å². The number of aromatic nitrogens is 1. The Balaban J connectivity index is 1.28. The molecule has 1 aromatic heterocycles. The number of carbonyl (C=O) groups excluding carboxylic acids is 3. The molecule has 7 heteroatoms. The van der Waals surface area contributed by atoms with Gasteiger partial charge in [0.05, 0.1) is 30.3 Å². The van der Waals surface area contributed by atoms with Crippen LogP contribution >= 0.6 is 0 Å². The molecule has 3 heterocycles. The minimum Gasteiger partial charge on any atom is -0.496 e. The molecule has 0 saturated heterocycles. The molecule has 0 spiro atoms. The number of H-pyrrole nitrogens is 1. The van der Waals surface area contributed by atoms with Gasteiger partial charge in [0.15, 0.2) is 0 Å². The smallest absolute Gasteiger partial charge is 0.261 e. The molecule has 0 saturated carbocycles. The lowest BCUT2D eigenvalue weighted by atomic mass is 10.0. The number of nitrogens with zero attached hydrogens (tertiary/aromatic N) is 2. The third-order valence-electron chi connectivity index (χ3n) is 6.88. The molecule has 7 nitrogen and oxygen atoms in total. The van der Waals surface area contributed by atoms with E-state index in [1.54, 1.807) is 42.5 Å². The Hall–Kier alpha value is -4.39. The van der Waals surface area contributed by atoms with E-state index in [0.29, 0.717) is 41.1 Å². The molecule has 174 valence electrons. The third kappa shape index (κ3) is 3.39. The Morgan fingerprint density at radius 1 is 0.971 bits per heavy atom. The van der Waals surface area contributed by atoms with Crippen molar-refractivity contribution < 1.29 is 19.1 Å². The first-order chi connectivity index (χ1) is 17.0. The molecule has 2 aliphatic rings. The van der Waals surface area contributed by atoms with Gasteiger partial charge in [-0.3, -0.25) is 19.3 Å². The van der Waals surface area contributed by atoms with E-state index in [1.807, 2.05) is 23.1 Å². The van der Waals surface area contributed by atoms with Crippen LogP contribution in [0.5, 0.6) is 5.75 Å². The van der Waals surface area contributed by atoms with Crippen molar-refractivity contribution in [3.05, 3.63) is 100 Å². The van der Waals surface area contributed by atoms with Crippen molar-refractivity contribution in [2.75, 3.05) is 13.7 Å². The largest absolute Gasteiger partial charge is 0.496 e. The molecule has 1 N–H and O–H groups in total. The molecule has 2 aliphatic heterocycles. The van der Waals surface area contributed by atoms with Gasteiger partial charge in [-0.2, -0.15) is 0 Å². The number of hydrogen-bond donors (Lipinski definition) is 1. The van der Waals surface area contributed by atoms with Crippen molar-refractivity contribution in [3.8, 4) is 5.75 Å². The lowest BCUT2D eigenvalue weighted by molar-refractivity contribution is 0.0642. The summed E-state index contributed by atoms with van der Waals surface area (Å²) in [6, 6.07) is 20.2. The molecule has 0 radical (unpaired) electrons. The summed E-state index contributed by atoms with van der Waals surface area (Å²) >= 11 is 0. The number of nitrogens with one attached hydrogen (secondary N) is 1. The summed E-state index contributed by atoms with van der Waals surface area (Å²) in [4.78, 5) is 45.8. The van der Waals surface area contributed by atoms with Gasteiger partial charge in [-0.05, 0) is 35.9 Å². The number of ether oxygens (including phenoxy) is 1. The first kappa shape index (κ1) is 21.2. The number of fused-ring (bicyclic) bond motifs is 4. The lowest BCUT2D eigenvalue weighted by Gasteiger charge is -2.28. The van der Waals surface area contributed by atoms with Gasteiger partial charge in [-0.15, -0.1) is 0 Å². The number of imide groups is 1. The maximum Gasteiger partial charge on any atom is 0.261 e. The van der Waals surface area contributed by atoms with Gasteiger partial charge in [0.1, 0.15) is 5.75 Å². The highest BCUT2D eigenvalue weighted by molar-refractivity contribution is 6.21. The first-order valence-electron chi connectivity index (χ1n) is 11.5. The molecule has 3 amide bonds. The van der Waals surface area contributed by atoms with Crippen molar-refractivity contribution in [2.45, 2.75) is 19.5 Å². The van der Waals surface area contributed by atoms with Crippen LogP contribution in [-0.2, 0) is 19.5 Å². The average Bonchev–Trinajstić information content (AvgIpc) is 3.38. The van der Waals surface area contributed by atoms with E-state index in [0.717, 1.165) is 22.9 Å². The predicted octanol–water partition coefficient (Wildman–Crippen LogP) is 4.17. The Kier molecular flexibility index (Phi) is 4.91. The molecular weight excluding hydrogens is 442 g/mol. The first-order valence-corrected chi connectivity index (χ1v) is 11.5. The number of carbonyl (C=O) groups is 3. The maximum absolute atomic E-state index is 13.6. The molecule has 0 atom stereocenters. The van der Waals surface area contributed by atoms with Gasteiger partial charge in [0.2, 0.25) is 0 Å². The van der Waals surface area contributed by atoms with E-state index in [-0.39, 0.29) is 24.3 Å². The van der Waals surface area contributed by atoms with Crippen molar-refractivity contribution in [1.29, 1.82) is 0 Å². The predicted molar refractivity (Wildman–Crippen MR) is 130 cm³/mol. The molecule has 0 aliphatic carbocycles. The number of rotatable bonds is 4. The van der Waals surface area contributed by atoms with Crippen LogP contribution in [0.3, 0.4) is 0 Å². The zero-order chi connectivity index (χ0) is 24.1. The van der Waals surface area contributed by atoms with Gasteiger partial charge in [0.25, 0.3) is 17.7 Å². The summed E-state index contributed by atoms with van der Waals surface area (Å²) in [5, 5.41) is 1.13. The average molecular weight is 466 g/mol. The number of aromatic amines is 1. The van der Waals surface area contributed by atoms with Crippen molar-refractivity contribution in [2.24, 2.45) is 0 Å². The number of methoxy groups -OCH3 is 1. The van der Waals surface area contributed by atoms with Crippen molar-refractivity contribution >= 4 is 28.6 Å². The van der Waals surface area contributed by atoms with Crippen LogP contribution in [0, 0.1) is 0 Å². The summed E-state index contributed by atoms with van der Waals surface area (Å²) < 4.78 is 5.50. The molecule has 4 aromatic rings. The van der Waals surface area contributed by atoms with Crippen molar-refractivity contribution in [3.63, 3.8) is 0 Å². The molecule has 0 bridgehead atoms. The van der Waals surface area contributed by atoms with Gasteiger partial charge in [0, 0.05) is 41.7 Å². The van der Waals surface area contributed by atoms with E-state index in [1.165, 1.54) is 17.7 Å². The van der Waals surface area contributed by atoms with Crippen molar-refractivity contribution in [1.82, 2.24) is 14.8 Å².